The van der Waals surface area contributed by atoms with Gasteiger partial charge in [0.1, 0.15) is 11.8 Å². The predicted molar refractivity (Wildman–Crippen MR) is 107 cm³/mol. The Balaban J connectivity index is 2.05. The zero-order valence-corrected chi connectivity index (χ0v) is 16.9. The molecule has 27 heavy (non-hydrogen) atoms. The van der Waals surface area contributed by atoms with Gasteiger partial charge in [-0.05, 0) is 50.6 Å². The Bertz CT molecular complexity index is 849. The van der Waals surface area contributed by atoms with Crippen molar-refractivity contribution in [2.45, 2.75) is 39.5 Å². The lowest BCUT2D eigenvalue weighted by Crippen LogP contribution is -2.47. The average Bonchev–Trinajstić information content (AvgIpc) is 2.60. The van der Waals surface area contributed by atoms with E-state index < -0.39 is 16.1 Å². The standard InChI is InChI=1S/C20H26N2O4S/c1-15(2)26-19-12-10-17(11-13-19)14-21-20(23)16(3)22(27(4,24)25)18-8-6-5-7-9-18/h5-13,15-16H,14H2,1-4H3,(H,21,23). The average molecular weight is 391 g/mol. The number of hydrogen-bond acceptors (Lipinski definition) is 4. The Kier molecular flexibility index (Phi) is 6.85. The third-order valence-electron chi connectivity index (χ3n) is 3.86. The van der Waals surface area contributed by atoms with Crippen molar-refractivity contribution in [2.24, 2.45) is 0 Å². The van der Waals surface area contributed by atoms with Gasteiger partial charge in [-0.25, -0.2) is 8.42 Å². The number of sulfonamides is 1. The highest BCUT2D eigenvalue weighted by Gasteiger charge is 2.28. The number of ether oxygens (including phenoxy) is 1. The Morgan fingerprint density at radius 1 is 1.04 bits per heavy atom. The van der Waals surface area contributed by atoms with Crippen LogP contribution in [0.3, 0.4) is 0 Å². The summed E-state index contributed by atoms with van der Waals surface area (Å²) in [6.45, 7) is 5.78. The first-order valence-electron chi connectivity index (χ1n) is 8.76. The first kappa shape index (κ1) is 20.8. The second-order valence-electron chi connectivity index (χ2n) is 6.60. The molecule has 0 aliphatic rings. The van der Waals surface area contributed by atoms with Crippen molar-refractivity contribution in [3.63, 3.8) is 0 Å². The lowest BCUT2D eigenvalue weighted by molar-refractivity contribution is -0.122. The minimum atomic E-state index is -3.61. The molecule has 0 bridgehead atoms. The highest BCUT2D eigenvalue weighted by atomic mass is 32.2. The van der Waals surface area contributed by atoms with Gasteiger partial charge in [-0.3, -0.25) is 9.10 Å². The van der Waals surface area contributed by atoms with Crippen LogP contribution in [0.5, 0.6) is 5.75 Å². The maximum atomic E-state index is 12.5. The van der Waals surface area contributed by atoms with E-state index in [-0.39, 0.29) is 12.0 Å². The van der Waals surface area contributed by atoms with Gasteiger partial charge in [-0.15, -0.1) is 0 Å². The van der Waals surface area contributed by atoms with E-state index in [0.29, 0.717) is 12.2 Å². The topological polar surface area (TPSA) is 75.7 Å². The molecule has 1 atom stereocenters. The smallest absolute Gasteiger partial charge is 0.243 e. The van der Waals surface area contributed by atoms with E-state index in [1.54, 1.807) is 37.3 Å². The van der Waals surface area contributed by atoms with Crippen molar-refractivity contribution in [1.82, 2.24) is 5.32 Å². The van der Waals surface area contributed by atoms with E-state index in [0.717, 1.165) is 21.9 Å². The van der Waals surface area contributed by atoms with E-state index in [1.807, 2.05) is 38.1 Å². The molecule has 0 saturated carbocycles. The number of carbonyl (C=O) groups excluding carboxylic acids is 1. The fourth-order valence-electron chi connectivity index (χ4n) is 2.68. The van der Waals surface area contributed by atoms with Crippen LogP contribution in [0, 0.1) is 0 Å². The number of rotatable bonds is 8. The zero-order valence-electron chi connectivity index (χ0n) is 16.0. The van der Waals surface area contributed by atoms with Crippen LogP contribution in [0.4, 0.5) is 5.69 Å². The van der Waals surface area contributed by atoms with Crippen molar-refractivity contribution in [2.75, 3.05) is 10.6 Å². The summed E-state index contributed by atoms with van der Waals surface area (Å²) >= 11 is 0. The summed E-state index contributed by atoms with van der Waals surface area (Å²) in [5.41, 5.74) is 1.36. The van der Waals surface area contributed by atoms with E-state index in [1.165, 1.54) is 0 Å². The predicted octanol–water partition coefficient (Wildman–Crippen LogP) is 2.94. The molecule has 146 valence electrons. The van der Waals surface area contributed by atoms with Crippen LogP contribution in [-0.4, -0.2) is 32.7 Å². The normalized spacial score (nSPS) is 12.5. The molecular formula is C20H26N2O4S. The van der Waals surface area contributed by atoms with Gasteiger partial charge in [0, 0.05) is 6.54 Å². The fourth-order valence-corrected chi connectivity index (χ4v) is 3.85. The third-order valence-corrected chi connectivity index (χ3v) is 5.10. The molecule has 1 N–H and O–H groups in total. The number of amides is 1. The van der Waals surface area contributed by atoms with Crippen molar-refractivity contribution in [3.8, 4) is 5.75 Å². The minimum Gasteiger partial charge on any atom is -0.491 e. The quantitative estimate of drug-likeness (QED) is 0.752. The summed E-state index contributed by atoms with van der Waals surface area (Å²) in [5.74, 6) is 0.396. The number of para-hydroxylation sites is 1. The van der Waals surface area contributed by atoms with Gasteiger partial charge in [0.15, 0.2) is 0 Å². The van der Waals surface area contributed by atoms with E-state index in [9.17, 15) is 13.2 Å². The van der Waals surface area contributed by atoms with E-state index >= 15 is 0 Å². The molecule has 0 saturated heterocycles. The van der Waals surface area contributed by atoms with Gasteiger partial charge in [0.05, 0.1) is 18.0 Å². The summed E-state index contributed by atoms with van der Waals surface area (Å²) in [4.78, 5) is 12.5. The Hall–Kier alpha value is -2.54. The molecule has 0 aliphatic carbocycles. The molecule has 7 heteroatoms. The third kappa shape index (κ3) is 5.99. The first-order chi connectivity index (χ1) is 12.7. The van der Waals surface area contributed by atoms with Crippen molar-refractivity contribution < 1.29 is 17.9 Å². The molecule has 1 unspecified atom stereocenters. The lowest BCUT2D eigenvalue weighted by atomic mass is 10.2. The summed E-state index contributed by atoms with van der Waals surface area (Å²) in [6, 6.07) is 15.2. The molecular weight excluding hydrogens is 364 g/mol. The minimum absolute atomic E-state index is 0.0939. The number of hydrogen-bond donors (Lipinski definition) is 1. The molecule has 0 heterocycles. The SMILES string of the molecule is CC(C)Oc1ccc(CNC(=O)C(C)N(c2ccccc2)S(C)(=O)=O)cc1. The van der Waals surface area contributed by atoms with Gasteiger partial charge in [-0.2, -0.15) is 0 Å². The lowest BCUT2D eigenvalue weighted by Gasteiger charge is -2.28. The van der Waals surface area contributed by atoms with Crippen LogP contribution < -0.4 is 14.4 Å². The van der Waals surface area contributed by atoms with E-state index in [2.05, 4.69) is 5.32 Å². The molecule has 0 radical (unpaired) electrons. The maximum absolute atomic E-state index is 12.5. The Labute approximate surface area is 161 Å². The molecule has 0 spiro atoms. The van der Waals surface area contributed by atoms with Crippen LogP contribution in [0.2, 0.25) is 0 Å². The largest absolute Gasteiger partial charge is 0.491 e. The van der Waals surface area contributed by atoms with Crippen LogP contribution in [0.1, 0.15) is 26.3 Å². The Morgan fingerprint density at radius 3 is 2.15 bits per heavy atom. The molecule has 6 nitrogen and oxygen atoms in total. The molecule has 1 amide bonds. The monoisotopic (exact) mass is 390 g/mol. The molecule has 2 aromatic rings. The van der Waals surface area contributed by atoms with Crippen LogP contribution in [0.25, 0.3) is 0 Å². The van der Waals surface area contributed by atoms with E-state index in [4.69, 9.17) is 4.74 Å². The molecule has 0 fully saturated rings. The fraction of sp³-hybridized carbons (Fsp3) is 0.350. The van der Waals surface area contributed by atoms with Gasteiger partial charge in [0.25, 0.3) is 0 Å². The second kappa shape index (κ2) is 8.90. The highest BCUT2D eigenvalue weighted by Crippen LogP contribution is 2.20. The number of anilines is 1. The van der Waals surface area contributed by atoms with Gasteiger partial charge in [-0.1, -0.05) is 30.3 Å². The summed E-state index contributed by atoms with van der Waals surface area (Å²) in [5, 5.41) is 2.80. The van der Waals surface area contributed by atoms with Crippen molar-refractivity contribution in [3.05, 3.63) is 60.2 Å². The molecule has 0 aliphatic heterocycles. The van der Waals surface area contributed by atoms with Crippen molar-refractivity contribution >= 4 is 21.6 Å². The van der Waals surface area contributed by atoms with Gasteiger partial charge >= 0.3 is 0 Å². The van der Waals surface area contributed by atoms with Crippen LogP contribution >= 0.6 is 0 Å². The van der Waals surface area contributed by atoms with Gasteiger partial charge in [0.2, 0.25) is 15.9 Å². The summed E-state index contributed by atoms with van der Waals surface area (Å²) < 4.78 is 31.1. The first-order valence-corrected chi connectivity index (χ1v) is 10.6. The van der Waals surface area contributed by atoms with Crippen molar-refractivity contribution in [1.29, 1.82) is 0 Å². The second-order valence-corrected chi connectivity index (χ2v) is 8.46. The molecule has 0 aromatic heterocycles. The number of carbonyl (C=O) groups is 1. The maximum Gasteiger partial charge on any atom is 0.243 e. The Morgan fingerprint density at radius 2 is 1.63 bits per heavy atom. The summed E-state index contributed by atoms with van der Waals surface area (Å²) in [6.07, 6.45) is 1.19. The number of nitrogens with one attached hydrogen (secondary N) is 1. The summed E-state index contributed by atoms with van der Waals surface area (Å²) in [7, 11) is -3.61. The number of nitrogens with zero attached hydrogens (tertiary/aromatic N) is 1. The zero-order chi connectivity index (χ0) is 20.0. The highest BCUT2D eigenvalue weighted by molar-refractivity contribution is 7.92. The van der Waals surface area contributed by atoms with Gasteiger partial charge < -0.3 is 10.1 Å². The molecule has 2 aromatic carbocycles. The van der Waals surface area contributed by atoms with Crippen LogP contribution in [0.15, 0.2) is 54.6 Å². The van der Waals surface area contributed by atoms with Crippen LogP contribution in [-0.2, 0) is 21.4 Å². The number of benzene rings is 2. The molecule has 2 rings (SSSR count).